The normalized spacial score (nSPS) is 14.5. The average molecular weight is 644 g/mol. The van der Waals surface area contributed by atoms with Gasteiger partial charge < -0.3 is 10.2 Å². The van der Waals surface area contributed by atoms with Crippen molar-refractivity contribution in [2.45, 2.75) is 38.8 Å². The number of anilines is 2. The van der Waals surface area contributed by atoms with E-state index in [4.69, 9.17) is 16.6 Å². The second-order valence-electron chi connectivity index (χ2n) is 11.2. The van der Waals surface area contributed by atoms with Crippen LogP contribution in [0.25, 0.3) is 22.0 Å². The van der Waals surface area contributed by atoms with Gasteiger partial charge in [0.1, 0.15) is 5.15 Å². The predicted octanol–water partition coefficient (Wildman–Crippen LogP) is 5.57. The van der Waals surface area contributed by atoms with E-state index in [1.807, 2.05) is 55.2 Å². The Morgan fingerprint density at radius 3 is 2.64 bits per heavy atom. The summed E-state index contributed by atoms with van der Waals surface area (Å²) in [6, 6.07) is 11.2. The fourth-order valence-electron chi connectivity index (χ4n) is 5.88. The summed E-state index contributed by atoms with van der Waals surface area (Å²) in [4.78, 5) is 42.2. The van der Waals surface area contributed by atoms with Crippen LogP contribution >= 0.6 is 23.5 Å². The summed E-state index contributed by atoms with van der Waals surface area (Å²) in [5, 5.41) is 8.84. The van der Waals surface area contributed by atoms with Crippen LogP contribution in [0, 0.1) is 6.92 Å². The molecule has 5 heterocycles. The Morgan fingerprint density at radius 2 is 1.91 bits per heavy atom. The summed E-state index contributed by atoms with van der Waals surface area (Å²) in [5.74, 6) is 0.280. The number of nitrogens with zero attached hydrogens (tertiary/aromatic N) is 7. The molecule has 0 aliphatic carbocycles. The van der Waals surface area contributed by atoms with Crippen LogP contribution < -0.4 is 20.5 Å². The standard InChI is InChI=1S/C32H34ClN9O2S/c1-19-14-24(20(2)36-26-7-8-27(33)37-29(26)30(43)39-45-4)28-25(15-19)31(44)40(3)32(38-28)41-12-9-23(10-13-41)42-18-22(17-35-42)21-6-5-11-34-16-21/h5-8,11,14-18,20,23,36H,9-10,12-13H2,1-4H3,(H,39,43). The van der Waals surface area contributed by atoms with Gasteiger partial charge in [-0.05, 0) is 56.5 Å². The van der Waals surface area contributed by atoms with Crippen molar-refractivity contribution in [3.63, 3.8) is 0 Å². The number of carbonyl (C=O) groups is 1. The molecule has 2 N–H and O–H groups in total. The molecule has 0 bridgehead atoms. The van der Waals surface area contributed by atoms with Gasteiger partial charge in [0.2, 0.25) is 5.95 Å². The molecule has 0 saturated carbocycles. The molecule has 0 radical (unpaired) electrons. The molecule has 1 unspecified atom stereocenters. The minimum Gasteiger partial charge on any atom is -0.377 e. The smallest absolute Gasteiger partial charge is 0.281 e. The summed E-state index contributed by atoms with van der Waals surface area (Å²) < 4.78 is 6.39. The highest BCUT2D eigenvalue weighted by Crippen LogP contribution is 2.31. The van der Waals surface area contributed by atoms with Gasteiger partial charge in [-0.2, -0.15) is 5.10 Å². The van der Waals surface area contributed by atoms with E-state index in [2.05, 4.69) is 36.2 Å². The van der Waals surface area contributed by atoms with Gasteiger partial charge in [-0.25, -0.2) is 9.97 Å². The van der Waals surface area contributed by atoms with Crippen LogP contribution in [0.1, 0.15) is 53.5 Å². The summed E-state index contributed by atoms with van der Waals surface area (Å²) in [7, 11) is 1.78. The number of piperidine rings is 1. The molecule has 1 aliphatic heterocycles. The Kier molecular flexibility index (Phi) is 8.77. The Balaban J connectivity index is 1.27. The van der Waals surface area contributed by atoms with E-state index in [1.54, 1.807) is 36.2 Å². The molecule has 0 spiro atoms. The molecule has 1 atom stereocenters. The molecular weight excluding hydrogens is 610 g/mol. The van der Waals surface area contributed by atoms with E-state index in [1.165, 1.54) is 11.9 Å². The van der Waals surface area contributed by atoms with Crippen molar-refractivity contribution < 1.29 is 4.79 Å². The monoisotopic (exact) mass is 643 g/mol. The van der Waals surface area contributed by atoms with Crippen molar-refractivity contribution in [2.24, 2.45) is 7.05 Å². The number of rotatable bonds is 8. The first-order chi connectivity index (χ1) is 21.7. The Labute approximate surface area is 270 Å². The molecule has 11 nitrogen and oxygen atoms in total. The third-order valence-corrected chi connectivity index (χ3v) is 8.76. The number of fused-ring (bicyclic) bond motifs is 1. The largest absolute Gasteiger partial charge is 0.377 e. The number of amides is 1. The zero-order valence-electron chi connectivity index (χ0n) is 25.5. The topological polar surface area (TPSA) is 123 Å². The van der Waals surface area contributed by atoms with Crippen LogP contribution in [-0.4, -0.2) is 54.6 Å². The summed E-state index contributed by atoms with van der Waals surface area (Å²) in [6.45, 7) is 5.41. The molecular formula is C32H34ClN9O2S. The van der Waals surface area contributed by atoms with Crippen LogP contribution in [0.3, 0.4) is 0 Å². The molecule has 6 rings (SSSR count). The molecule has 1 saturated heterocycles. The Morgan fingerprint density at radius 1 is 1.11 bits per heavy atom. The maximum atomic E-state index is 13.7. The van der Waals surface area contributed by atoms with Gasteiger partial charge in [0, 0.05) is 61.7 Å². The number of carbonyl (C=O) groups excluding carboxylic acids is 1. The fraction of sp³-hybridized carbons (Fsp3) is 0.312. The number of benzene rings is 1. The van der Waals surface area contributed by atoms with E-state index in [-0.39, 0.29) is 34.4 Å². The number of hydrogen-bond acceptors (Lipinski definition) is 9. The number of hydrogen-bond donors (Lipinski definition) is 2. The SMILES string of the molecule is CSNC(=O)c1nc(Cl)ccc1NC(C)c1cc(C)cc2c(=O)n(C)c(N3CCC(n4cc(-c5cccnc5)cn4)CC3)nc12. The third kappa shape index (κ3) is 6.25. The lowest BCUT2D eigenvalue weighted by Crippen LogP contribution is -2.39. The van der Waals surface area contributed by atoms with Crippen molar-refractivity contribution in [2.75, 3.05) is 29.6 Å². The first kappa shape index (κ1) is 30.6. The molecule has 1 aromatic carbocycles. The number of aromatic nitrogens is 6. The van der Waals surface area contributed by atoms with E-state index in [9.17, 15) is 9.59 Å². The van der Waals surface area contributed by atoms with E-state index in [0.717, 1.165) is 48.2 Å². The first-order valence-corrected chi connectivity index (χ1v) is 16.3. The second kappa shape index (κ2) is 12.9. The summed E-state index contributed by atoms with van der Waals surface area (Å²) in [5.41, 5.74) is 5.13. The molecule has 45 heavy (non-hydrogen) atoms. The molecule has 13 heteroatoms. The lowest BCUT2D eigenvalue weighted by Gasteiger charge is -2.33. The van der Waals surface area contributed by atoms with Gasteiger partial charge in [-0.3, -0.25) is 28.5 Å². The first-order valence-electron chi connectivity index (χ1n) is 14.7. The highest BCUT2D eigenvalue weighted by molar-refractivity contribution is 7.97. The van der Waals surface area contributed by atoms with E-state index >= 15 is 0 Å². The lowest BCUT2D eigenvalue weighted by atomic mass is 10.0. The quantitative estimate of drug-likeness (QED) is 0.165. The van der Waals surface area contributed by atoms with Crippen LogP contribution in [-0.2, 0) is 7.05 Å². The third-order valence-electron chi connectivity index (χ3n) is 8.16. The van der Waals surface area contributed by atoms with Gasteiger partial charge >= 0.3 is 0 Å². The van der Waals surface area contributed by atoms with Crippen molar-refractivity contribution in [1.29, 1.82) is 0 Å². The number of aryl methyl sites for hydroxylation is 1. The van der Waals surface area contributed by atoms with Gasteiger partial charge in [-0.15, -0.1) is 0 Å². The van der Waals surface area contributed by atoms with Gasteiger partial charge in [0.15, 0.2) is 5.69 Å². The van der Waals surface area contributed by atoms with E-state index < -0.39 is 0 Å². The minimum atomic E-state index is -0.352. The zero-order valence-corrected chi connectivity index (χ0v) is 27.1. The minimum absolute atomic E-state index is 0.101. The lowest BCUT2D eigenvalue weighted by molar-refractivity contribution is 0.0980. The highest BCUT2D eigenvalue weighted by atomic mass is 35.5. The summed E-state index contributed by atoms with van der Waals surface area (Å²) in [6.07, 6.45) is 11.1. The average Bonchev–Trinajstić information content (AvgIpc) is 3.55. The number of nitrogens with one attached hydrogen (secondary N) is 2. The zero-order chi connectivity index (χ0) is 31.7. The van der Waals surface area contributed by atoms with Gasteiger partial charge in [0.25, 0.3) is 11.5 Å². The molecule has 1 amide bonds. The molecule has 232 valence electrons. The maximum absolute atomic E-state index is 13.7. The van der Waals surface area contributed by atoms with Crippen LogP contribution in [0.15, 0.2) is 66.0 Å². The van der Waals surface area contributed by atoms with E-state index in [0.29, 0.717) is 22.5 Å². The van der Waals surface area contributed by atoms with Crippen molar-refractivity contribution in [3.8, 4) is 11.1 Å². The Bertz CT molecular complexity index is 1920. The molecule has 4 aromatic heterocycles. The molecule has 1 aliphatic rings. The fourth-order valence-corrected chi connectivity index (χ4v) is 6.31. The van der Waals surface area contributed by atoms with Gasteiger partial charge in [-0.1, -0.05) is 35.7 Å². The van der Waals surface area contributed by atoms with Crippen LogP contribution in [0.5, 0.6) is 0 Å². The maximum Gasteiger partial charge on any atom is 0.281 e. The molecule has 5 aromatic rings. The highest BCUT2D eigenvalue weighted by Gasteiger charge is 2.26. The van der Waals surface area contributed by atoms with Crippen molar-refractivity contribution in [3.05, 3.63) is 93.5 Å². The van der Waals surface area contributed by atoms with Gasteiger partial charge in [0.05, 0.1) is 34.9 Å². The van der Waals surface area contributed by atoms with Crippen LogP contribution in [0.2, 0.25) is 5.15 Å². The second-order valence-corrected chi connectivity index (χ2v) is 12.2. The molecule has 1 fully saturated rings. The predicted molar refractivity (Wildman–Crippen MR) is 180 cm³/mol. The van der Waals surface area contributed by atoms with Crippen molar-refractivity contribution >= 4 is 52.0 Å². The number of pyridine rings is 2. The van der Waals surface area contributed by atoms with Crippen molar-refractivity contribution in [1.82, 2.24) is 34.0 Å². The van der Waals surface area contributed by atoms with Crippen LogP contribution in [0.4, 0.5) is 11.6 Å². The Hall–Kier alpha value is -4.42. The summed E-state index contributed by atoms with van der Waals surface area (Å²) >= 11 is 7.31. The number of halogens is 1.